The molecule has 1 aromatic rings. The van der Waals surface area contributed by atoms with Crippen LogP contribution in [-0.4, -0.2) is 6.54 Å². The van der Waals surface area contributed by atoms with Gasteiger partial charge < -0.3 is 5.73 Å². The largest absolute Gasteiger partial charge is 0.327 e. The first-order chi connectivity index (χ1) is 6.29. The van der Waals surface area contributed by atoms with Crippen LogP contribution in [0.2, 0.25) is 5.02 Å². The second-order valence-electron chi connectivity index (χ2n) is 3.35. The van der Waals surface area contributed by atoms with Gasteiger partial charge in [0, 0.05) is 11.6 Å². The van der Waals surface area contributed by atoms with Crippen LogP contribution in [0.3, 0.4) is 0 Å². The fraction of sp³-hybridized carbons (Fsp3) is 0.273. The molecule has 0 fully saturated rings. The van der Waals surface area contributed by atoms with Crippen molar-refractivity contribution in [3.05, 3.63) is 39.9 Å². The van der Waals surface area contributed by atoms with E-state index in [0.717, 1.165) is 17.9 Å². The molecule has 68 valence electrons. The highest BCUT2D eigenvalue weighted by Crippen LogP contribution is 2.25. The highest BCUT2D eigenvalue weighted by molar-refractivity contribution is 6.30. The third-order valence-electron chi connectivity index (χ3n) is 2.44. The van der Waals surface area contributed by atoms with Gasteiger partial charge in [-0.15, -0.1) is 0 Å². The zero-order valence-corrected chi connectivity index (χ0v) is 8.14. The normalized spacial score (nSPS) is 15.1. The number of nitrogens with two attached hydrogens (primary N) is 1. The Morgan fingerprint density at radius 2 is 2.15 bits per heavy atom. The maximum atomic E-state index is 5.90. The molecule has 1 aliphatic carbocycles. The number of halogens is 1. The molecule has 0 heterocycles. The SMILES string of the molecule is NCC1=Cc2ccc(Cl)cc2CC1. The first kappa shape index (κ1) is 8.79. The summed E-state index contributed by atoms with van der Waals surface area (Å²) in [6.07, 6.45) is 4.32. The van der Waals surface area contributed by atoms with Crippen LogP contribution in [0, 0.1) is 0 Å². The van der Waals surface area contributed by atoms with E-state index in [4.69, 9.17) is 17.3 Å². The van der Waals surface area contributed by atoms with Crippen LogP contribution in [0.25, 0.3) is 6.08 Å². The van der Waals surface area contributed by atoms with Crippen LogP contribution < -0.4 is 5.73 Å². The molecule has 13 heavy (non-hydrogen) atoms. The van der Waals surface area contributed by atoms with Gasteiger partial charge in [-0.05, 0) is 36.1 Å². The summed E-state index contributed by atoms with van der Waals surface area (Å²) in [6, 6.07) is 6.03. The Kier molecular flexibility index (Phi) is 2.38. The third kappa shape index (κ3) is 1.77. The van der Waals surface area contributed by atoms with Crippen molar-refractivity contribution in [1.82, 2.24) is 0 Å². The molecule has 1 aromatic carbocycles. The molecule has 1 nitrogen and oxygen atoms in total. The molecular formula is C11H12ClN. The number of benzene rings is 1. The molecule has 0 saturated carbocycles. The first-order valence-corrected chi connectivity index (χ1v) is 4.85. The Labute approximate surface area is 83.2 Å². The van der Waals surface area contributed by atoms with E-state index >= 15 is 0 Å². The van der Waals surface area contributed by atoms with Gasteiger partial charge in [-0.3, -0.25) is 0 Å². The number of hydrogen-bond donors (Lipinski definition) is 1. The van der Waals surface area contributed by atoms with E-state index in [1.807, 2.05) is 12.1 Å². The van der Waals surface area contributed by atoms with E-state index in [1.54, 1.807) is 0 Å². The molecule has 2 N–H and O–H groups in total. The second kappa shape index (κ2) is 3.52. The minimum absolute atomic E-state index is 0.669. The van der Waals surface area contributed by atoms with Crippen LogP contribution in [0.5, 0.6) is 0 Å². The number of fused-ring (bicyclic) bond motifs is 1. The standard InChI is InChI=1S/C11H12ClN/c12-11-4-3-9-5-8(7-13)1-2-10(9)6-11/h3-6H,1-2,7,13H2. The van der Waals surface area contributed by atoms with Crippen LogP contribution in [-0.2, 0) is 6.42 Å². The number of aryl methyl sites for hydroxylation is 1. The summed E-state index contributed by atoms with van der Waals surface area (Å²) in [4.78, 5) is 0. The fourth-order valence-electron chi connectivity index (χ4n) is 1.68. The topological polar surface area (TPSA) is 26.0 Å². The summed E-state index contributed by atoms with van der Waals surface area (Å²) in [5.41, 5.74) is 9.54. The van der Waals surface area contributed by atoms with Crippen molar-refractivity contribution in [2.24, 2.45) is 5.73 Å². The van der Waals surface area contributed by atoms with Crippen molar-refractivity contribution in [3.8, 4) is 0 Å². The van der Waals surface area contributed by atoms with E-state index in [-0.39, 0.29) is 0 Å². The molecule has 2 rings (SSSR count). The first-order valence-electron chi connectivity index (χ1n) is 4.47. The Morgan fingerprint density at radius 3 is 2.92 bits per heavy atom. The van der Waals surface area contributed by atoms with Gasteiger partial charge in [-0.2, -0.15) is 0 Å². The van der Waals surface area contributed by atoms with Gasteiger partial charge >= 0.3 is 0 Å². The van der Waals surface area contributed by atoms with Crippen LogP contribution in [0.15, 0.2) is 23.8 Å². The van der Waals surface area contributed by atoms with Crippen molar-refractivity contribution in [2.45, 2.75) is 12.8 Å². The minimum atomic E-state index is 0.669. The van der Waals surface area contributed by atoms with E-state index < -0.39 is 0 Å². The Bertz CT molecular complexity index is 355. The molecule has 1 aliphatic rings. The summed E-state index contributed by atoms with van der Waals surface area (Å²) < 4.78 is 0. The summed E-state index contributed by atoms with van der Waals surface area (Å²) in [7, 11) is 0. The molecule has 0 radical (unpaired) electrons. The maximum Gasteiger partial charge on any atom is 0.0409 e. The molecular weight excluding hydrogens is 182 g/mol. The highest BCUT2D eigenvalue weighted by Gasteiger charge is 2.08. The fourth-order valence-corrected chi connectivity index (χ4v) is 1.87. The van der Waals surface area contributed by atoms with Crippen molar-refractivity contribution >= 4 is 17.7 Å². The van der Waals surface area contributed by atoms with Gasteiger partial charge in [0.2, 0.25) is 0 Å². The van der Waals surface area contributed by atoms with Gasteiger partial charge in [0.15, 0.2) is 0 Å². The van der Waals surface area contributed by atoms with Gasteiger partial charge in [0.05, 0.1) is 0 Å². The monoisotopic (exact) mass is 193 g/mol. The molecule has 0 bridgehead atoms. The lowest BCUT2D eigenvalue weighted by Crippen LogP contribution is -2.08. The van der Waals surface area contributed by atoms with Crippen molar-refractivity contribution in [2.75, 3.05) is 6.54 Å². The Morgan fingerprint density at radius 1 is 1.31 bits per heavy atom. The predicted molar refractivity (Wildman–Crippen MR) is 56.8 cm³/mol. The van der Waals surface area contributed by atoms with Crippen LogP contribution in [0.4, 0.5) is 0 Å². The average Bonchev–Trinajstić information content (AvgIpc) is 2.17. The minimum Gasteiger partial charge on any atom is -0.327 e. The number of rotatable bonds is 1. The van der Waals surface area contributed by atoms with Gasteiger partial charge in [0.1, 0.15) is 0 Å². The molecule has 0 unspecified atom stereocenters. The number of hydrogen-bond acceptors (Lipinski definition) is 1. The zero-order valence-electron chi connectivity index (χ0n) is 7.39. The van der Waals surface area contributed by atoms with Crippen molar-refractivity contribution in [3.63, 3.8) is 0 Å². The molecule has 0 spiro atoms. The van der Waals surface area contributed by atoms with E-state index in [2.05, 4.69) is 12.1 Å². The molecule has 0 saturated heterocycles. The Balaban J connectivity index is 2.42. The van der Waals surface area contributed by atoms with E-state index in [1.165, 1.54) is 16.7 Å². The van der Waals surface area contributed by atoms with Gasteiger partial charge in [-0.1, -0.05) is 29.3 Å². The predicted octanol–water partition coefficient (Wildman–Crippen LogP) is 2.63. The van der Waals surface area contributed by atoms with Gasteiger partial charge in [0.25, 0.3) is 0 Å². The molecule has 0 aliphatic heterocycles. The third-order valence-corrected chi connectivity index (χ3v) is 2.68. The van der Waals surface area contributed by atoms with Crippen LogP contribution in [0.1, 0.15) is 17.5 Å². The molecule has 0 aromatic heterocycles. The van der Waals surface area contributed by atoms with E-state index in [0.29, 0.717) is 6.54 Å². The van der Waals surface area contributed by atoms with E-state index in [9.17, 15) is 0 Å². The Hall–Kier alpha value is -0.790. The second-order valence-corrected chi connectivity index (χ2v) is 3.79. The van der Waals surface area contributed by atoms with Crippen molar-refractivity contribution in [1.29, 1.82) is 0 Å². The summed E-state index contributed by atoms with van der Waals surface area (Å²) in [6.45, 7) is 0.669. The van der Waals surface area contributed by atoms with Crippen LogP contribution >= 0.6 is 11.6 Å². The lowest BCUT2D eigenvalue weighted by atomic mass is 9.92. The van der Waals surface area contributed by atoms with Gasteiger partial charge in [-0.25, -0.2) is 0 Å². The lowest BCUT2D eigenvalue weighted by molar-refractivity contribution is 0.893. The quantitative estimate of drug-likeness (QED) is 0.729. The molecule has 0 atom stereocenters. The lowest BCUT2D eigenvalue weighted by Gasteiger charge is -2.15. The average molecular weight is 194 g/mol. The zero-order chi connectivity index (χ0) is 9.26. The highest BCUT2D eigenvalue weighted by atomic mass is 35.5. The summed E-state index contributed by atoms with van der Waals surface area (Å²) in [5, 5.41) is 0.823. The smallest absolute Gasteiger partial charge is 0.0409 e. The summed E-state index contributed by atoms with van der Waals surface area (Å²) >= 11 is 5.90. The molecule has 0 amide bonds. The van der Waals surface area contributed by atoms with Crippen molar-refractivity contribution < 1.29 is 0 Å². The molecule has 2 heteroatoms. The maximum absolute atomic E-state index is 5.90. The summed E-state index contributed by atoms with van der Waals surface area (Å²) in [5.74, 6) is 0.